The quantitative estimate of drug-likeness (QED) is 0.391. The highest BCUT2D eigenvalue weighted by Crippen LogP contribution is 2.25. The van der Waals surface area contributed by atoms with Crippen LogP contribution in [0.2, 0.25) is 10.0 Å². The van der Waals surface area contributed by atoms with Crippen LogP contribution in [0.15, 0.2) is 60.7 Å². The van der Waals surface area contributed by atoms with E-state index in [-0.39, 0.29) is 0 Å². The minimum atomic E-state index is -0.477. The summed E-state index contributed by atoms with van der Waals surface area (Å²) in [6, 6.07) is 20.3. The minimum absolute atomic E-state index is 0.477. The summed E-state index contributed by atoms with van der Waals surface area (Å²) in [5.41, 5.74) is 2.12. The molecule has 0 saturated carbocycles. The van der Waals surface area contributed by atoms with Crippen LogP contribution in [0.25, 0.3) is 10.8 Å². The average molecular weight is 430 g/mol. The van der Waals surface area contributed by atoms with Gasteiger partial charge in [-0.3, -0.25) is 4.90 Å². The van der Waals surface area contributed by atoms with Crippen LogP contribution in [-0.2, 0) is 6.54 Å². The standard InChI is InChI=1S/C25H29Cl2NO/c1-18(2)11-13-28(17-19-7-10-23(26)24(27)15-19)14-12-25(29)22-9-8-20-5-3-4-6-21(20)16-22/h3-10,15-16,18,25,29H,11-14,17H2,1-2H3. The molecule has 0 aromatic heterocycles. The molecule has 4 heteroatoms. The molecule has 0 bridgehead atoms. The van der Waals surface area contributed by atoms with Gasteiger partial charge in [0.1, 0.15) is 0 Å². The van der Waals surface area contributed by atoms with E-state index in [0.717, 1.165) is 42.6 Å². The average Bonchev–Trinajstić information content (AvgIpc) is 2.72. The van der Waals surface area contributed by atoms with Gasteiger partial charge in [0, 0.05) is 13.1 Å². The van der Waals surface area contributed by atoms with Gasteiger partial charge >= 0.3 is 0 Å². The van der Waals surface area contributed by atoms with E-state index in [1.807, 2.05) is 36.4 Å². The largest absolute Gasteiger partial charge is 0.388 e. The molecule has 0 radical (unpaired) electrons. The van der Waals surface area contributed by atoms with Crippen molar-refractivity contribution in [2.45, 2.75) is 39.3 Å². The topological polar surface area (TPSA) is 23.5 Å². The maximum atomic E-state index is 10.8. The molecule has 0 aliphatic rings. The molecule has 0 fully saturated rings. The maximum Gasteiger partial charge on any atom is 0.0802 e. The third-order valence-electron chi connectivity index (χ3n) is 5.29. The number of hydrogen-bond acceptors (Lipinski definition) is 2. The zero-order chi connectivity index (χ0) is 20.8. The lowest BCUT2D eigenvalue weighted by molar-refractivity contribution is 0.137. The first-order valence-electron chi connectivity index (χ1n) is 10.3. The molecule has 29 heavy (non-hydrogen) atoms. The zero-order valence-corrected chi connectivity index (χ0v) is 18.6. The van der Waals surface area contributed by atoms with E-state index < -0.39 is 6.10 Å². The van der Waals surface area contributed by atoms with Crippen LogP contribution in [0.5, 0.6) is 0 Å². The molecule has 3 aromatic carbocycles. The second-order valence-electron chi connectivity index (χ2n) is 8.12. The van der Waals surface area contributed by atoms with Crippen molar-refractivity contribution in [1.29, 1.82) is 0 Å². The molecule has 2 nitrogen and oxygen atoms in total. The normalized spacial score (nSPS) is 12.8. The predicted molar refractivity (Wildman–Crippen MR) is 125 cm³/mol. The monoisotopic (exact) mass is 429 g/mol. The Morgan fingerprint density at radius 3 is 2.28 bits per heavy atom. The van der Waals surface area contributed by atoms with Crippen LogP contribution in [0.1, 0.15) is 43.9 Å². The van der Waals surface area contributed by atoms with Crippen molar-refractivity contribution in [2.24, 2.45) is 5.92 Å². The Hall–Kier alpha value is -1.58. The van der Waals surface area contributed by atoms with E-state index in [9.17, 15) is 5.11 Å². The van der Waals surface area contributed by atoms with Crippen LogP contribution in [0.3, 0.4) is 0 Å². The van der Waals surface area contributed by atoms with Crippen LogP contribution < -0.4 is 0 Å². The second kappa shape index (κ2) is 10.4. The Labute approximate surface area is 184 Å². The number of hydrogen-bond donors (Lipinski definition) is 1. The van der Waals surface area contributed by atoms with Gasteiger partial charge in [0.15, 0.2) is 0 Å². The predicted octanol–water partition coefficient (Wildman–Crippen LogP) is 7.12. The minimum Gasteiger partial charge on any atom is -0.388 e. The second-order valence-corrected chi connectivity index (χ2v) is 8.93. The smallest absolute Gasteiger partial charge is 0.0802 e. The van der Waals surface area contributed by atoms with Crippen LogP contribution in [-0.4, -0.2) is 23.1 Å². The summed E-state index contributed by atoms with van der Waals surface area (Å²) in [5, 5.41) is 14.3. The molecule has 1 N–H and O–H groups in total. The van der Waals surface area contributed by atoms with Gasteiger partial charge in [0.25, 0.3) is 0 Å². The van der Waals surface area contributed by atoms with Crippen molar-refractivity contribution in [3.63, 3.8) is 0 Å². The van der Waals surface area contributed by atoms with Crippen molar-refractivity contribution >= 4 is 34.0 Å². The zero-order valence-electron chi connectivity index (χ0n) is 17.1. The van der Waals surface area contributed by atoms with Gasteiger partial charge in [-0.05, 0) is 65.4 Å². The van der Waals surface area contributed by atoms with Crippen LogP contribution >= 0.6 is 23.2 Å². The Morgan fingerprint density at radius 1 is 0.828 bits per heavy atom. The SMILES string of the molecule is CC(C)CCN(CCC(O)c1ccc2ccccc2c1)Cc1ccc(Cl)c(Cl)c1. The number of aliphatic hydroxyl groups is 1. The number of halogens is 2. The number of rotatable bonds is 9. The van der Waals surface area contributed by atoms with Gasteiger partial charge in [-0.2, -0.15) is 0 Å². The number of benzene rings is 3. The lowest BCUT2D eigenvalue weighted by atomic mass is 10.0. The molecule has 3 aromatic rings. The summed E-state index contributed by atoms with van der Waals surface area (Å²) in [5.74, 6) is 0.636. The van der Waals surface area contributed by atoms with E-state index in [0.29, 0.717) is 22.4 Å². The van der Waals surface area contributed by atoms with Gasteiger partial charge in [-0.15, -0.1) is 0 Å². The molecule has 1 atom stereocenters. The summed E-state index contributed by atoms with van der Waals surface area (Å²) in [6.07, 6.45) is 1.33. The number of nitrogens with zero attached hydrogens (tertiary/aromatic N) is 1. The van der Waals surface area contributed by atoms with Crippen molar-refractivity contribution in [2.75, 3.05) is 13.1 Å². The Balaban J connectivity index is 1.66. The lowest BCUT2D eigenvalue weighted by Crippen LogP contribution is -2.27. The molecule has 3 rings (SSSR count). The summed E-state index contributed by atoms with van der Waals surface area (Å²) < 4.78 is 0. The van der Waals surface area contributed by atoms with Crippen molar-refractivity contribution in [1.82, 2.24) is 4.90 Å². The van der Waals surface area contributed by atoms with Crippen molar-refractivity contribution in [3.8, 4) is 0 Å². The molecule has 154 valence electrons. The molecule has 1 unspecified atom stereocenters. The fourth-order valence-corrected chi connectivity index (χ4v) is 3.81. The van der Waals surface area contributed by atoms with Crippen molar-refractivity contribution < 1.29 is 5.11 Å². The molecule has 0 saturated heterocycles. The fourth-order valence-electron chi connectivity index (χ4n) is 3.49. The van der Waals surface area contributed by atoms with Gasteiger partial charge in [0.05, 0.1) is 16.1 Å². The first-order valence-corrected chi connectivity index (χ1v) is 11.0. The highest BCUT2D eigenvalue weighted by Gasteiger charge is 2.13. The van der Waals surface area contributed by atoms with E-state index in [4.69, 9.17) is 23.2 Å². The molecule has 0 aliphatic carbocycles. The van der Waals surface area contributed by atoms with Crippen LogP contribution in [0, 0.1) is 5.92 Å². The Kier molecular flexibility index (Phi) is 7.97. The highest BCUT2D eigenvalue weighted by atomic mass is 35.5. The maximum absolute atomic E-state index is 10.8. The Morgan fingerprint density at radius 2 is 1.55 bits per heavy atom. The molecule has 0 amide bonds. The third kappa shape index (κ3) is 6.45. The van der Waals surface area contributed by atoms with Gasteiger partial charge in [-0.1, -0.05) is 79.5 Å². The number of aliphatic hydroxyl groups excluding tert-OH is 1. The van der Waals surface area contributed by atoms with Crippen molar-refractivity contribution in [3.05, 3.63) is 81.8 Å². The first-order chi connectivity index (χ1) is 13.9. The highest BCUT2D eigenvalue weighted by molar-refractivity contribution is 6.42. The van der Waals surface area contributed by atoms with E-state index >= 15 is 0 Å². The van der Waals surface area contributed by atoms with Gasteiger partial charge < -0.3 is 5.11 Å². The third-order valence-corrected chi connectivity index (χ3v) is 6.03. The van der Waals surface area contributed by atoms with E-state index in [1.54, 1.807) is 0 Å². The first kappa shape index (κ1) is 22.1. The molecular weight excluding hydrogens is 401 g/mol. The summed E-state index contributed by atoms with van der Waals surface area (Å²) in [4.78, 5) is 2.39. The van der Waals surface area contributed by atoms with Crippen LogP contribution in [0.4, 0.5) is 0 Å². The van der Waals surface area contributed by atoms with Gasteiger partial charge in [0.2, 0.25) is 0 Å². The Bertz CT molecular complexity index is 941. The van der Waals surface area contributed by atoms with E-state index in [1.165, 1.54) is 5.39 Å². The van der Waals surface area contributed by atoms with E-state index in [2.05, 4.69) is 43.0 Å². The lowest BCUT2D eigenvalue weighted by Gasteiger charge is -2.25. The molecular formula is C25H29Cl2NO. The number of fused-ring (bicyclic) bond motifs is 1. The van der Waals surface area contributed by atoms with Gasteiger partial charge in [-0.25, -0.2) is 0 Å². The fraction of sp³-hybridized carbons (Fsp3) is 0.360. The molecule has 0 aliphatic heterocycles. The summed E-state index contributed by atoms with van der Waals surface area (Å²) >= 11 is 12.2. The molecule has 0 heterocycles. The summed E-state index contributed by atoms with van der Waals surface area (Å²) in [7, 11) is 0. The molecule has 0 spiro atoms. The summed E-state index contributed by atoms with van der Waals surface area (Å²) in [6.45, 7) is 7.08.